The van der Waals surface area contributed by atoms with E-state index in [4.69, 9.17) is 0 Å². The summed E-state index contributed by atoms with van der Waals surface area (Å²) in [5.41, 5.74) is 3.67. The quantitative estimate of drug-likeness (QED) is 0.754. The number of nitrogens with zero attached hydrogens (tertiary/aromatic N) is 1. The van der Waals surface area contributed by atoms with E-state index >= 15 is 0 Å². The second-order valence-corrected chi connectivity index (χ2v) is 3.73. The molecule has 0 fully saturated rings. The Bertz CT molecular complexity index is 576. The topological polar surface area (TPSA) is 47.0 Å². The summed E-state index contributed by atoms with van der Waals surface area (Å²) in [5, 5.41) is 0. The van der Waals surface area contributed by atoms with E-state index in [1.807, 2.05) is 25.1 Å². The number of benzene rings is 1. The molecule has 0 N–H and O–H groups in total. The molecule has 0 aliphatic heterocycles. The number of rotatable bonds is 3. The van der Waals surface area contributed by atoms with Gasteiger partial charge in [-0.25, -0.2) is 4.98 Å². The second-order valence-electron chi connectivity index (χ2n) is 3.73. The minimum absolute atomic E-state index is 0.415. The van der Waals surface area contributed by atoms with E-state index in [0.717, 1.165) is 29.4 Å². The summed E-state index contributed by atoms with van der Waals surface area (Å²) in [5.74, 6) is 0. The number of carbonyl (C=O) groups is 2. The van der Waals surface area contributed by atoms with Crippen LogP contribution in [-0.2, 0) is 0 Å². The van der Waals surface area contributed by atoms with Gasteiger partial charge in [0.15, 0.2) is 6.29 Å². The Morgan fingerprint density at radius 1 is 1.06 bits per heavy atom. The average molecular weight is 225 g/mol. The highest BCUT2D eigenvalue weighted by molar-refractivity contribution is 5.80. The van der Waals surface area contributed by atoms with Gasteiger partial charge in [0, 0.05) is 16.8 Å². The SMILES string of the molecule is Cc1nc(C=O)ccc1-c1cccc(C=O)c1. The summed E-state index contributed by atoms with van der Waals surface area (Å²) in [7, 11) is 0. The highest BCUT2D eigenvalue weighted by atomic mass is 16.1. The normalized spacial score (nSPS) is 9.94. The molecule has 1 heterocycles. The van der Waals surface area contributed by atoms with Crippen molar-refractivity contribution in [1.82, 2.24) is 4.98 Å². The van der Waals surface area contributed by atoms with Crippen LogP contribution in [0.5, 0.6) is 0 Å². The zero-order valence-corrected chi connectivity index (χ0v) is 9.38. The molecule has 2 aromatic rings. The third kappa shape index (κ3) is 2.28. The molecule has 3 nitrogen and oxygen atoms in total. The Morgan fingerprint density at radius 2 is 1.88 bits per heavy atom. The van der Waals surface area contributed by atoms with E-state index in [1.165, 1.54) is 0 Å². The van der Waals surface area contributed by atoms with Gasteiger partial charge in [0.1, 0.15) is 12.0 Å². The van der Waals surface area contributed by atoms with Gasteiger partial charge >= 0.3 is 0 Å². The van der Waals surface area contributed by atoms with E-state index in [0.29, 0.717) is 11.3 Å². The molecule has 2 rings (SSSR count). The maximum Gasteiger partial charge on any atom is 0.168 e. The van der Waals surface area contributed by atoms with Crippen molar-refractivity contribution >= 4 is 12.6 Å². The Morgan fingerprint density at radius 3 is 2.53 bits per heavy atom. The molecule has 1 aromatic heterocycles. The van der Waals surface area contributed by atoms with Gasteiger partial charge in [-0.15, -0.1) is 0 Å². The van der Waals surface area contributed by atoms with Gasteiger partial charge in [0.25, 0.3) is 0 Å². The lowest BCUT2D eigenvalue weighted by atomic mass is 10.0. The maximum atomic E-state index is 10.7. The Kier molecular flexibility index (Phi) is 3.10. The number of carbonyl (C=O) groups excluding carboxylic acids is 2. The molecule has 3 heteroatoms. The number of hydrogen-bond donors (Lipinski definition) is 0. The zero-order valence-electron chi connectivity index (χ0n) is 9.38. The van der Waals surface area contributed by atoms with Crippen molar-refractivity contribution in [3.63, 3.8) is 0 Å². The molecule has 0 radical (unpaired) electrons. The lowest BCUT2D eigenvalue weighted by molar-refractivity contribution is 0.111. The van der Waals surface area contributed by atoms with E-state index in [-0.39, 0.29) is 0 Å². The predicted molar refractivity (Wildman–Crippen MR) is 65.2 cm³/mol. The van der Waals surface area contributed by atoms with Crippen molar-refractivity contribution in [3.8, 4) is 11.1 Å². The summed E-state index contributed by atoms with van der Waals surface area (Å²) >= 11 is 0. The van der Waals surface area contributed by atoms with Crippen LogP contribution < -0.4 is 0 Å². The summed E-state index contributed by atoms with van der Waals surface area (Å²) in [6.07, 6.45) is 1.53. The third-order valence-corrected chi connectivity index (χ3v) is 2.56. The van der Waals surface area contributed by atoms with Gasteiger partial charge in [-0.1, -0.05) is 24.3 Å². The van der Waals surface area contributed by atoms with Gasteiger partial charge in [-0.3, -0.25) is 9.59 Å². The van der Waals surface area contributed by atoms with Crippen LogP contribution in [0.15, 0.2) is 36.4 Å². The number of aldehydes is 2. The molecule has 0 saturated carbocycles. The Hall–Kier alpha value is -2.29. The molecule has 0 saturated heterocycles. The van der Waals surface area contributed by atoms with Crippen molar-refractivity contribution in [2.24, 2.45) is 0 Å². The molecule has 1 aromatic carbocycles. The van der Waals surface area contributed by atoms with Gasteiger partial charge in [-0.2, -0.15) is 0 Å². The lowest BCUT2D eigenvalue weighted by Crippen LogP contribution is -1.93. The number of hydrogen-bond acceptors (Lipinski definition) is 3. The highest BCUT2D eigenvalue weighted by Gasteiger charge is 2.04. The first-order chi connectivity index (χ1) is 8.24. The number of aryl methyl sites for hydroxylation is 1. The van der Waals surface area contributed by atoms with Crippen LogP contribution in [0.4, 0.5) is 0 Å². The van der Waals surface area contributed by atoms with E-state index in [2.05, 4.69) is 4.98 Å². The van der Waals surface area contributed by atoms with Crippen LogP contribution in [0.25, 0.3) is 11.1 Å². The first kappa shape index (κ1) is 11.2. The van der Waals surface area contributed by atoms with Crippen molar-refractivity contribution in [2.45, 2.75) is 6.92 Å². The molecule has 0 bridgehead atoms. The third-order valence-electron chi connectivity index (χ3n) is 2.56. The van der Waals surface area contributed by atoms with Crippen LogP contribution in [0, 0.1) is 6.92 Å². The first-order valence-corrected chi connectivity index (χ1v) is 5.23. The van der Waals surface area contributed by atoms with Crippen LogP contribution in [0.2, 0.25) is 0 Å². The summed E-state index contributed by atoms with van der Waals surface area (Å²) in [4.78, 5) is 25.5. The van der Waals surface area contributed by atoms with E-state index in [9.17, 15) is 9.59 Å². The Balaban J connectivity index is 2.52. The van der Waals surface area contributed by atoms with Crippen LogP contribution in [0.3, 0.4) is 0 Å². The number of aromatic nitrogens is 1. The monoisotopic (exact) mass is 225 g/mol. The van der Waals surface area contributed by atoms with Crippen molar-refractivity contribution in [2.75, 3.05) is 0 Å². The molecule has 17 heavy (non-hydrogen) atoms. The molecule has 0 unspecified atom stereocenters. The number of pyridine rings is 1. The van der Waals surface area contributed by atoms with Gasteiger partial charge < -0.3 is 0 Å². The average Bonchev–Trinajstić information content (AvgIpc) is 2.38. The van der Waals surface area contributed by atoms with Crippen molar-refractivity contribution in [1.29, 1.82) is 0 Å². The molecule has 0 aliphatic rings. The summed E-state index contributed by atoms with van der Waals surface area (Å²) in [6, 6.07) is 10.8. The molecule has 0 atom stereocenters. The molecule has 0 amide bonds. The summed E-state index contributed by atoms with van der Waals surface area (Å²) < 4.78 is 0. The predicted octanol–water partition coefficient (Wildman–Crippen LogP) is 2.68. The van der Waals surface area contributed by atoms with Crippen LogP contribution in [-0.4, -0.2) is 17.6 Å². The summed E-state index contributed by atoms with van der Waals surface area (Å²) in [6.45, 7) is 1.84. The van der Waals surface area contributed by atoms with Gasteiger partial charge in [0.05, 0.1) is 0 Å². The Labute approximate surface area is 99.1 Å². The smallest absolute Gasteiger partial charge is 0.168 e. The second kappa shape index (κ2) is 4.70. The van der Waals surface area contributed by atoms with Crippen molar-refractivity contribution < 1.29 is 9.59 Å². The highest BCUT2D eigenvalue weighted by Crippen LogP contribution is 2.22. The van der Waals surface area contributed by atoms with Gasteiger partial charge in [-0.05, 0) is 24.6 Å². The molecule has 84 valence electrons. The molecule has 0 aliphatic carbocycles. The fourth-order valence-electron chi connectivity index (χ4n) is 1.73. The fourth-order valence-corrected chi connectivity index (χ4v) is 1.73. The fraction of sp³-hybridized carbons (Fsp3) is 0.0714. The van der Waals surface area contributed by atoms with Gasteiger partial charge in [0.2, 0.25) is 0 Å². The molecule has 0 spiro atoms. The minimum atomic E-state index is 0.415. The van der Waals surface area contributed by atoms with Crippen LogP contribution in [0.1, 0.15) is 26.5 Å². The zero-order chi connectivity index (χ0) is 12.3. The lowest BCUT2D eigenvalue weighted by Gasteiger charge is -2.06. The van der Waals surface area contributed by atoms with Crippen LogP contribution >= 0.6 is 0 Å². The first-order valence-electron chi connectivity index (χ1n) is 5.23. The van der Waals surface area contributed by atoms with E-state index < -0.39 is 0 Å². The minimum Gasteiger partial charge on any atom is -0.298 e. The largest absolute Gasteiger partial charge is 0.298 e. The van der Waals surface area contributed by atoms with Crippen molar-refractivity contribution in [3.05, 3.63) is 53.3 Å². The standard InChI is InChI=1S/C14H11NO2/c1-10-14(6-5-13(9-17)15-10)12-4-2-3-11(7-12)8-16/h2-9H,1H3. The van der Waals surface area contributed by atoms with E-state index in [1.54, 1.807) is 18.2 Å². The molecular formula is C14H11NO2. The maximum absolute atomic E-state index is 10.7. The molecular weight excluding hydrogens is 214 g/mol.